The Kier molecular flexibility index (Phi) is 4.62. The van der Waals surface area contributed by atoms with Crippen LogP contribution < -0.4 is 0 Å². The minimum atomic E-state index is -0.646. The molecule has 3 aromatic carbocycles. The summed E-state index contributed by atoms with van der Waals surface area (Å²) >= 11 is 0. The lowest BCUT2D eigenvalue weighted by atomic mass is 9.92. The van der Waals surface area contributed by atoms with Gasteiger partial charge < -0.3 is 4.74 Å². The molecule has 156 valence electrons. The standard InChI is InChI=1S/C26H23NO4/c1-3-15(2)26(30)31-21-14-17-8-4-5-11-18(17)23(21)27-24(28)19-12-6-9-16-10-7-13-20(22(16)19)25(27)29/h4-13,15,21,23H,3,14H2,1-2H3/t15-,21+,23-/m0/s1. The Morgan fingerprint density at radius 2 is 1.65 bits per heavy atom. The number of amides is 2. The van der Waals surface area contributed by atoms with Gasteiger partial charge >= 0.3 is 5.97 Å². The number of nitrogens with zero attached hydrogens (tertiary/aromatic N) is 1. The summed E-state index contributed by atoms with van der Waals surface area (Å²) in [5, 5.41) is 1.55. The first-order valence-electron chi connectivity index (χ1n) is 10.7. The highest BCUT2D eigenvalue weighted by molar-refractivity contribution is 6.25. The van der Waals surface area contributed by atoms with Crippen LogP contribution in [0, 0.1) is 5.92 Å². The third-order valence-corrected chi connectivity index (χ3v) is 6.51. The molecule has 5 rings (SSSR count). The van der Waals surface area contributed by atoms with Crippen molar-refractivity contribution in [3.8, 4) is 0 Å². The van der Waals surface area contributed by atoms with Crippen molar-refractivity contribution in [1.82, 2.24) is 4.90 Å². The number of ether oxygens (including phenoxy) is 1. The molecule has 1 aliphatic carbocycles. The van der Waals surface area contributed by atoms with E-state index in [0.29, 0.717) is 29.4 Å². The Labute approximate surface area is 180 Å². The fourth-order valence-corrected chi connectivity index (χ4v) is 4.68. The Morgan fingerprint density at radius 3 is 2.29 bits per heavy atom. The molecule has 2 amide bonds. The maximum absolute atomic E-state index is 13.6. The molecule has 0 unspecified atom stereocenters. The number of rotatable bonds is 4. The Hall–Kier alpha value is -3.47. The van der Waals surface area contributed by atoms with Gasteiger partial charge in [-0.3, -0.25) is 19.3 Å². The molecule has 0 spiro atoms. The van der Waals surface area contributed by atoms with Crippen LogP contribution in [-0.2, 0) is 16.0 Å². The summed E-state index contributed by atoms with van der Waals surface area (Å²) in [6.45, 7) is 3.76. The van der Waals surface area contributed by atoms with Crippen LogP contribution in [-0.4, -0.2) is 28.8 Å². The fourth-order valence-electron chi connectivity index (χ4n) is 4.68. The van der Waals surface area contributed by atoms with Crippen molar-refractivity contribution in [2.45, 2.75) is 38.8 Å². The number of carbonyl (C=O) groups excluding carboxylic acids is 3. The van der Waals surface area contributed by atoms with Gasteiger partial charge in [0.1, 0.15) is 12.1 Å². The van der Waals surface area contributed by atoms with E-state index >= 15 is 0 Å². The monoisotopic (exact) mass is 413 g/mol. The topological polar surface area (TPSA) is 63.7 Å². The van der Waals surface area contributed by atoms with Gasteiger partial charge in [-0.1, -0.05) is 62.4 Å². The minimum Gasteiger partial charge on any atom is -0.459 e. The first-order valence-corrected chi connectivity index (χ1v) is 10.7. The van der Waals surface area contributed by atoms with E-state index in [9.17, 15) is 14.4 Å². The smallest absolute Gasteiger partial charge is 0.309 e. The van der Waals surface area contributed by atoms with Crippen LogP contribution in [0.4, 0.5) is 0 Å². The molecule has 3 aromatic rings. The Balaban J connectivity index is 1.62. The fraction of sp³-hybridized carbons (Fsp3) is 0.269. The minimum absolute atomic E-state index is 0.244. The van der Waals surface area contributed by atoms with E-state index in [1.165, 1.54) is 4.90 Å². The van der Waals surface area contributed by atoms with Crippen LogP contribution in [0.25, 0.3) is 10.8 Å². The molecular weight excluding hydrogens is 390 g/mol. The molecule has 0 radical (unpaired) electrons. The van der Waals surface area contributed by atoms with Crippen molar-refractivity contribution < 1.29 is 19.1 Å². The van der Waals surface area contributed by atoms with Crippen molar-refractivity contribution >= 4 is 28.6 Å². The molecule has 0 aromatic heterocycles. The zero-order valence-electron chi connectivity index (χ0n) is 17.5. The van der Waals surface area contributed by atoms with Crippen molar-refractivity contribution in [2.75, 3.05) is 0 Å². The lowest BCUT2D eigenvalue weighted by Gasteiger charge is -2.35. The number of esters is 1. The van der Waals surface area contributed by atoms with Crippen LogP contribution in [0.5, 0.6) is 0 Å². The van der Waals surface area contributed by atoms with Crippen LogP contribution in [0.1, 0.15) is 58.2 Å². The van der Waals surface area contributed by atoms with E-state index in [2.05, 4.69) is 0 Å². The maximum Gasteiger partial charge on any atom is 0.309 e. The molecule has 0 saturated carbocycles. The van der Waals surface area contributed by atoms with Gasteiger partial charge in [-0.25, -0.2) is 0 Å². The van der Waals surface area contributed by atoms with Gasteiger partial charge in [0.05, 0.1) is 5.92 Å². The predicted molar refractivity (Wildman–Crippen MR) is 117 cm³/mol. The van der Waals surface area contributed by atoms with Crippen molar-refractivity contribution in [1.29, 1.82) is 0 Å². The number of imide groups is 1. The average Bonchev–Trinajstić information content (AvgIpc) is 3.14. The molecule has 0 fully saturated rings. The maximum atomic E-state index is 13.6. The highest BCUT2D eigenvalue weighted by Crippen LogP contribution is 2.42. The second kappa shape index (κ2) is 7.34. The van der Waals surface area contributed by atoms with Gasteiger partial charge in [0.15, 0.2) is 0 Å². The van der Waals surface area contributed by atoms with Crippen LogP contribution >= 0.6 is 0 Å². The summed E-state index contributed by atoms with van der Waals surface area (Å²) in [6.07, 6.45) is 0.544. The predicted octanol–water partition coefficient (Wildman–Crippen LogP) is 4.69. The molecule has 1 heterocycles. The van der Waals surface area contributed by atoms with Crippen LogP contribution in [0.2, 0.25) is 0 Å². The number of carbonyl (C=O) groups is 3. The lowest BCUT2D eigenvalue weighted by molar-refractivity contribution is -0.155. The van der Waals surface area contributed by atoms with Gasteiger partial charge in [-0.05, 0) is 35.1 Å². The molecule has 0 saturated heterocycles. The van der Waals surface area contributed by atoms with Gasteiger partial charge in [0.2, 0.25) is 0 Å². The summed E-state index contributed by atoms with van der Waals surface area (Å²) < 4.78 is 5.89. The number of hydrogen-bond acceptors (Lipinski definition) is 4. The highest BCUT2D eigenvalue weighted by atomic mass is 16.5. The number of benzene rings is 3. The SMILES string of the molecule is CC[C@H](C)C(=O)O[C@@H]1Cc2ccccc2[C@@H]1N1C(=O)c2cccc3cccc(c23)C1=O. The number of hydrogen-bond donors (Lipinski definition) is 0. The number of fused-ring (bicyclic) bond motifs is 1. The summed E-state index contributed by atoms with van der Waals surface area (Å²) in [4.78, 5) is 41.1. The molecule has 0 bridgehead atoms. The van der Waals surface area contributed by atoms with Crippen molar-refractivity contribution in [2.24, 2.45) is 5.92 Å². The first kappa shape index (κ1) is 19.5. The molecular formula is C26H23NO4. The summed E-state index contributed by atoms with van der Waals surface area (Å²) in [5.41, 5.74) is 2.86. The average molecular weight is 413 g/mol. The van der Waals surface area contributed by atoms with Crippen LogP contribution in [0.3, 0.4) is 0 Å². The van der Waals surface area contributed by atoms with E-state index in [4.69, 9.17) is 4.74 Å². The summed E-state index contributed by atoms with van der Waals surface area (Å²) in [5.74, 6) is -1.24. The Morgan fingerprint density at radius 1 is 1.00 bits per heavy atom. The normalized spacial score (nSPS) is 20.6. The highest BCUT2D eigenvalue weighted by Gasteiger charge is 2.46. The van der Waals surface area contributed by atoms with Crippen molar-refractivity contribution in [3.63, 3.8) is 0 Å². The van der Waals surface area contributed by atoms with Gasteiger partial charge in [0, 0.05) is 22.9 Å². The summed E-state index contributed by atoms with van der Waals surface area (Å²) in [7, 11) is 0. The molecule has 1 aliphatic heterocycles. The van der Waals surface area contributed by atoms with E-state index in [0.717, 1.165) is 16.5 Å². The zero-order valence-corrected chi connectivity index (χ0v) is 17.5. The van der Waals surface area contributed by atoms with E-state index in [1.54, 1.807) is 12.1 Å². The quantitative estimate of drug-likeness (QED) is 0.460. The molecule has 31 heavy (non-hydrogen) atoms. The zero-order chi connectivity index (χ0) is 21.7. The second-order valence-electron chi connectivity index (χ2n) is 8.32. The molecule has 2 aliphatic rings. The first-order chi connectivity index (χ1) is 15.0. The van der Waals surface area contributed by atoms with Gasteiger partial charge in [-0.15, -0.1) is 0 Å². The Bertz CT molecular complexity index is 1180. The molecule has 5 heteroatoms. The molecule has 3 atom stereocenters. The molecule has 5 nitrogen and oxygen atoms in total. The van der Waals surface area contributed by atoms with E-state index in [-0.39, 0.29) is 23.7 Å². The van der Waals surface area contributed by atoms with Gasteiger partial charge in [0.25, 0.3) is 11.8 Å². The third kappa shape index (κ3) is 2.95. The van der Waals surface area contributed by atoms with Crippen LogP contribution in [0.15, 0.2) is 60.7 Å². The van der Waals surface area contributed by atoms with E-state index < -0.39 is 12.1 Å². The van der Waals surface area contributed by atoms with Gasteiger partial charge in [-0.2, -0.15) is 0 Å². The molecule has 0 N–H and O–H groups in total. The second-order valence-corrected chi connectivity index (χ2v) is 8.32. The van der Waals surface area contributed by atoms with E-state index in [1.807, 2.05) is 62.4 Å². The third-order valence-electron chi connectivity index (χ3n) is 6.51. The summed E-state index contributed by atoms with van der Waals surface area (Å²) in [6, 6.07) is 18.0. The lowest BCUT2D eigenvalue weighted by Crippen LogP contribution is -2.46. The largest absolute Gasteiger partial charge is 0.459 e. The van der Waals surface area contributed by atoms with Crippen molar-refractivity contribution in [3.05, 3.63) is 82.9 Å².